The molecule has 1 aromatic carbocycles. The van der Waals surface area contributed by atoms with Crippen LogP contribution >= 0.6 is 11.6 Å². The van der Waals surface area contributed by atoms with E-state index in [0.29, 0.717) is 18.9 Å². The van der Waals surface area contributed by atoms with Gasteiger partial charge in [0.2, 0.25) is 0 Å². The molecule has 0 fully saturated rings. The van der Waals surface area contributed by atoms with Gasteiger partial charge in [-0.3, -0.25) is 4.79 Å². The number of carbonyl (C=O) groups excluding carboxylic acids is 1. The lowest BCUT2D eigenvalue weighted by atomic mass is 10.0. The highest BCUT2D eigenvalue weighted by molar-refractivity contribution is 6.27. The number of hydrogen-bond acceptors (Lipinski definition) is 2. The van der Waals surface area contributed by atoms with Crippen molar-refractivity contribution in [3.63, 3.8) is 0 Å². The lowest BCUT2D eigenvalue weighted by Gasteiger charge is -2.13. The summed E-state index contributed by atoms with van der Waals surface area (Å²) in [6.07, 6.45) is 0.371. The number of hydrogen-bond donors (Lipinski definition) is 0. The second-order valence-electron chi connectivity index (χ2n) is 3.96. The third-order valence-electron chi connectivity index (χ3n) is 2.33. The normalized spacial score (nSPS) is 10.5. The predicted octanol–water partition coefficient (Wildman–Crippen LogP) is 3.39. The fourth-order valence-electron chi connectivity index (χ4n) is 1.43. The number of carbonyl (C=O) groups is 1. The summed E-state index contributed by atoms with van der Waals surface area (Å²) in [6.45, 7) is 4.63. The van der Waals surface area contributed by atoms with E-state index in [-0.39, 0.29) is 11.7 Å². The first-order chi connectivity index (χ1) is 7.65. The van der Waals surface area contributed by atoms with Crippen LogP contribution < -0.4 is 4.74 Å². The number of Topliss-reactive ketones (excluding diaryl/α,β-unsaturated/α-hetero) is 1. The monoisotopic (exact) mass is 240 g/mol. The van der Waals surface area contributed by atoms with E-state index < -0.39 is 0 Å². The summed E-state index contributed by atoms with van der Waals surface area (Å²) in [4.78, 5) is 11.0. The van der Waals surface area contributed by atoms with Crippen molar-refractivity contribution in [2.75, 3.05) is 12.5 Å². The number of halogens is 1. The zero-order valence-electron chi connectivity index (χ0n) is 9.70. The molecule has 0 bridgehead atoms. The van der Waals surface area contributed by atoms with E-state index in [4.69, 9.17) is 16.3 Å². The topological polar surface area (TPSA) is 26.3 Å². The first-order valence-corrected chi connectivity index (χ1v) is 5.98. The Kier molecular flexibility index (Phi) is 5.33. The summed E-state index contributed by atoms with van der Waals surface area (Å²) in [7, 11) is 0. The van der Waals surface area contributed by atoms with E-state index in [0.717, 1.165) is 5.75 Å². The maximum atomic E-state index is 11.0. The number of ketones is 1. The molecule has 2 nitrogen and oxygen atoms in total. The van der Waals surface area contributed by atoms with Crippen molar-refractivity contribution in [2.24, 2.45) is 0 Å². The number of para-hydroxylation sites is 1. The summed E-state index contributed by atoms with van der Waals surface area (Å²) in [5.41, 5.74) is 1.17. The number of alkyl halides is 1. The van der Waals surface area contributed by atoms with Crippen LogP contribution in [0, 0.1) is 0 Å². The molecule has 0 atom stereocenters. The molecule has 0 N–H and O–H groups in total. The summed E-state index contributed by atoms with van der Waals surface area (Å²) >= 11 is 5.41. The van der Waals surface area contributed by atoms with E-state index in [1.54, 1.807) is 0 Å². The van der Waals surface area contributed by atoms with E-state index in [1.165, 1.54) is 5.56 Å². The minimum Gasteiger partial charge on any atom is -0.493 e. The van der Waals surface area contributed by atoms with Gasteiger partial charge >= 0.3 is 0 Å². The second kappa shape index (κ2) is 6.54. The minimum absolute atomic E-state index is 0.0173. The summed E-state index contributed by atoms with van der Waals surface area (Å²) < 4.78 is 5.59. The standard InChI is InChI=1S/C13H17ClO2/c1-10(2)12-5-3-4-6-13(12)16-8-7-11(15)9-14/h3-6,10H,7-9H2,1-2H3. The van der Waals surface area contributed by atoms with E-state index >= 15 is 0 Å². The molecule has 0 aliphatic carbocycles. The first kappa shape index (κ1) is 13.0. The Morgan fingerprint density at radius 1 is 1.38 bits per heavy atom. The van der Waals surface area contributed by atoms with Gasteiger partial charge in [-0.2, -0.15) is 0 Å². The molecule has 0 aliphatic heterocycles. The fourth-order valence-corrected chi connectivity index (χ4v) is 1.56. The largest absolute Gasteiger partial charge is 0.493 e. The molecule has 0 saturated carbocycles. The minimum atomic E-state index is 0.0173. The predicted molar refractivity (Wildman–Crippen MR) is 66.4 cm³/mol. The second-order valence-corrected chi connectivity index (χ2v) is 4.23. The first-order valence-electron chi connectivity index (χ1n) is 5.44. The van der Waals surface area contributed by atoms with Crippen LogP contribution in [-0.2, 0) is 4.79 Å². The molecule has 3 heteroatoms. The van der Waals surface area contributed by atoms with Gasteiger partial charge in [0.05, 0.1) is 12.5 Å². The number of ether oxygens (including phenoxy) is 1. The van der Waals surface area contributed by atoms with Gasteiger partial charge in [0.25, 0.3) is 0 Å². The van der Waals surface area contributed by atoms with Crippen LogP contribution in [0.15, 0.2) is 24.3 Å². The SMILES string of the molecule is CC(C)c1ccccc1OCCC(=O)CCl. The van der Waals surface area contributed by atoms with Crippen molar-refractivity contribution in [2.45, 2.75) is 26.2 Å². The maximum absolute atomic E-state index is 11.0. The van der Waals surface area contributed by atoms with Crippen molar-refractivity contribution >= 4 is 17.4 Å². The lowest BCUT2D eigenvalue weighted by Crippen LogP contribution is -2.08. The Labute approximate surface area is 102 Å². The Morgan fingerprint density at radius 3 is 2.69 bits per heavy atom. The molecule has 0 aliphatic rings. The molecule has 0 radical (unpaired) electrons. The molecule has 88 valence electrons. The number of rotatable bonds is 6. The molecule has 0 heterocycles. The Hall–Kier alpha value is -1.02. The maximum Gasteiger partial charge on any atom is 0.150 e. The Balaban J connectivity index is 2.56. The third kappa shape index (κ3) is 3.86. The molecule has 0 amide bonds. The summed E-state index contributed by atoms with van der Waals surface area (Å²) in [6, 6.07) is 7.90. The molecule has 0 spiro atoms. The van der Waals surface area contributed by atoms with Crippen LogP contribution in [0.25, 0.3) is 0 Å². The summed E-state index contributed by atoms with van der Waals surface area (Å²) in [5, 5.41) is 0. The van der Waals surface area contributed by atoms with E-state index in [2.05, 4.69) is 13.8 Å². The smallest absolute Gasteiger partial charge is 0.150 e. The van der Waals surface area contributed by atoms with Gasteiger partial charge < -0.3 is 4.74 Å². The van der Waals surface area contributed by atoms with Gasteiger partial charge in [0.1, 0.15) is 5.75 Å². The van der Waals surface area contributed by atoms with Crippen LogP contribution in [0.5, 0.6) is 5.75 Å². The molecular weight excluding hydrogens is 224 g/mol. The highest BCUT2D eigenvalue weighted by Crippen LogP contribution is 2.25. The zero-order valence-corrected chi connectivity index (χ0v) is 10.5. The third-order valence-corrected chi connectivity index (χ3v) is 2.63. The van der Waals surface area contributed by atoms with Crippen molar-refractivity contribution in [3.8, 4) is 5.75 Å². The van der Waals surface area contributed by atoms with Crippen LogP contribution in [0.1, 0.15) is 31.7 Å². The van der Waals surface area contributed by atoms with Gasteiger partial charge in [-0.1, -0.05) is 32.0 Å². The molecule has 0 aromatic heterocycles. The average molecular weight is 241 g/mol. The van der Waals surface area contributed by atoms with Crippen LogP contribution in [0.4, 0.5) is 0 Å². The van der Waals surface area contributed by atoms with Crippen molar-refractivity contribution < 1.29 is 9.53 Å². The fraction of sp³-hybridized carbons (Fsp3) is 0.462. The molecule has 16 heavy (non-hydrogen) atoms. The van der Waals surface area contributed by atoms with Crippen LogP contribution in [0.3, 0.4) is 0 Å². The van der Waals surface area contributed by atoms with Crippen LogP contribution in [0.2, 0.25) is 0 Å². The van der Waals surface area contributed by atoms with Crippen LogP contribution in [-0.4, -0.2) is 18.3 Å². The van der Waals surface area contributed by atoms with E-state index in [1.807, 2.05) is 24.3 Å². The molecule has 0 unspecified atom stereocenters. The Morgan fingerprint density at radius 2 is 2.06 bits per heavy atom. The van der Waals surface area contributed by atoms with E-state index in [9.17, 15) is 4.79 Å². The van der Waals surface area contributed by atoms with Gasteiger partial charge in [-0.15, -0.1) is 11.6 Å². The molecular formula is C13H17ClO2. The molecule has 1 aromatic rings. The van der Waals surface area contributed by atoms with Gasteiger partial charge in [-0.05, 0) is 17.5 Å². The molecule has 1 rings (SSSR count). The number of benzene rings is 1. The highest BCUT2D eigenvalue weighted by Gasteiger charge is 2.07. The summed E-state index contributed by atoms with van der Waals surface area (Å²) in [5.74, 6) is 1.36. The lowest BCUT2D eigenvalue weighted by molar-refractivity contribution is -0.117. The van der Waals surface area contributed by atoms with Gasteiger partial charge in [0.15, 0.2) is 5.78 Å². The van der Waals surface area contributed by atoms with Gasteiger partial charge in [-0.25, -0.2) is 0 Å². The Bertz CT molecular complexity index is 348. The molecule has 0 saturated heterocycles. The van der Waals surface area contributed by atoms with Crippen molar-refractivity contribution in [1.29, 1.82) is 0 Å². The van der Waals surface area contributed by atoms with Gasteiger partial charge in [0, 0.05) is 6.42 Å². The van der Waals surface area contributed by atoms with Crippen molar-refractivity contribution in [1.82, 2.24) is 0 Å². The van der Waals surface area contributed by atoms with Crippen molar-refractivity contribution in [3.05, 3.63) is 29.8 Å². The quantitative estimate of drug-likeness (QED) is 0.713. The highest BCUT2D eigenvalue weighted by atomic mass is 35.5. The zero-order chi connectivity index (χ0) is 12.0. The average Bonchev–Trinajstić information content (AvgIpc) is 2.29.